The Balaban J connectivity index is 1.88. The predicted molar refractivity (Wildman–Crippen MR) is 59.9 cm³/mol. The lowest BCUT2D eigenvalue weighted by atomic mass is 10.2. The van der Waals surface area contributed by atoms with E-state index >= 15 is 0 Å². The quantitative estimate of drug-likeness (QED) is 0.594. The SMILES string of the molecule is CN(Cc1ncc[nH]1)C(=O)C1CNC(=O)CN1. The summed E-state index contributed by atoms with van der Waals surface area (Å²) in [6.45, 7) is 0.948. The first-order valence-corrected chi connectivity index (χ1v) is 5.40. The lowest BCUT2D eigenvalue weighted by Crippen LogP contribution is -2.58. The van der Waals surface area contributed by atoms with Crippen molar-refractivity contribution in [3.8, 4) is 0 Å². The van der Waals surface area contributed by atoms with E-state index in [9.17, 15) is 9.59 Å². The van der Waals surface area contributed by atoms with Crippen molar-refractivity contribution >= 4 is 11.8 Å². The van der Waals surface area contributed by atoms with Gasteiger partial charge in [-0.05, 0) is 0 Å². The highest BCUT2D eigenvalue weighted by Crippen LogP contribution is 2.00. The fourth-order valence-electron chi connectivity index (χ4n) is 1.69. The van der Waals surface area contributed by atoms with Gasteiger partial charge in [-0.1, -0.05) is 0 Å². The fourth-order valence-corrected chi connectivity index (χ4v) is 1.69. The lowest BCUT2D eigenvalue weighted by Gasteiger charge is -2.27. The molecule has 1 saturated heterocycles. The van der Waals surface area contributed by atoms with E-state index in [1.807, 2.05) is 0 Å². The van der Waals surface area contributed by atoms with Gasteiger partial charge in [-0.25, -0.2) is 4.98 Å². The molecule has 2 heterocycles. The molecule has 3 N–H and O–H groups in total. The monoisotopic (exact) mass is 237 g/mol. The van der Waals surface area contributed by atoms with Crippen LogP contribution < -0.4 is 10.6 Å². The first-order chi connectivity index (χ1) is 8.16. The molecule has 7 heteroatoms. The van der Waals surface area contributed by atoms with Crippen LogP contribution in [0.5, 0.6) is 0 Å². The molecule has 1 atom stereocenters. The van der Waals surface area contributed by atoms with Crippen molar-refractivity contribution < 1.29 is 9.59 Å². The Hall–Kier alpha value is -1.89. The van der Waals surface area contributed by atoms with Gasteiger partial charge in [0.1, 0.15) is 11.9 Å². The predicted octanol–water partition coefficient (Wildman–Crippen LogP) is -1.54. The minimum atomic E-state index is -0.354. The van der Waals surface area contributed by atoms with E-state index in [-0.39, 0.29) is 24.4 Å². The molecular formula is C10H15N5O2. The largest absolute Gasteiger partial charge is 0.353 e. The highest BCUT2D eigenvalue weighted by Gasteiger charge is 2.26. The van der Waals surface area contributed by atoms with Crippen LogP contribution in [-0.2, 0) is 16.1 Å². The Bertz CT molecular complexity index is 393. The summed E-state index contributed by atoms with van der Waals surface area (Å²) < 4.78 is 0. The number of aromatic amines is 1. The van der Waals surface area contributed by atoms with Crippen molar-refractivity contribution in [2.24, 2.45) is 0 Å². The molecule has 0 radical (unpaired) electrons. The second kappa shape index (κ2) is 4.96. The molecule has 2 rings (SSSR count). The summed E-state index contributed by atoms with van der Waals surface area (Å²) in [4.78, 5) is 31.5. The molecule has 17 heavy (non-hydrogen) atoms. The summed E-state index contributed by atoms with van der Waals surface area (Å²) in [5.41, 5.74) is 0. The molecule has 0 saturated carbocycles. The number of hydrogen-bond acceptors (Lipinski definition) is 4. The zero-order valence-corrected chi connectivity index (χ0v) is 9.56. The number of piperazine rings is 1. The second-order valence-electron chi connectivity index (χ2n) is 3.97. The van der Waals surface area contributed by atoms with E-state index in [0.717, 1.165) is 5.82 Å². The molecule has 1 unspecified atom stereocenters. The zero-order valence-electron chi connectivity index (χ0n) is 9.56. The summed E-state index contributed by atoms with van der Waals surface area (Å²) in [6.07, 6.45) is 3.36. The van der Waals surface area contributed by atoms with Crippen molar-refractivity contribution in [2.75, 3.05) is 20.1 Å². The topological polar surface area (TPSA) is 90.1 Å². The number of carbonyl (C=O) groups excluding carboxylic acids is 2. The molecule has 7 nitrogen and oxygen atoms in total. The summed E-state index contributed by atoms with van der Waals surface area (Å²) in [5.74, 6) is 0.602. The highest BCUT2D eigenvalue weighted by atomic mass is 16.2. The Morgan fingerprint density at radius 1 is 1.65 bits per heavy atom. The minimum Gasteiger partial charge on any atom is -0.353 e. The molecule has 0 aliphatic carbocycles. The molecule has 1 aliphatic heterocycles. The van der Waals surface area contributed by atoms with Crippen LogP contribution in [0.3, 0.4) is 0 Å². The van der Waals surface area contributed by atoms with Gasteiger partial charge in [0.25, 0.3) is 0 Å². The van der Waals surface area contributed by atoms with Crippen molar-refractivity contribution in [1.29, 1.82) is 0 Å². The van der Waals surface area contributed by atoms with Crippen LogP contribution in [0.2, 0.25) is 0 Å². The molecular weight excluding hydrogens is 222 g/mol. The van der Waals surface area contributed by atoms with Crippen LogP contribution in [0.15, 0.2) is 12.4 Å². The number of amides is 2. The van der Waals surface area contributed by atoms with Crippen molar-refractivity contribution in [3.63, 3.8) is 0 Å². The normalized spacial score (nSPS) is 19.8. The van der Waals surface area contributed by atoms with Crippen LogP contribution in [0.25, 0.3) is 0 Å². The second-order valence-corrected chi connectivity index (χ2v) is 3.97. The Morgan fingerprint density at radius 3 is 3.06 bits per heavy atom. The van der Waals surface area contributed by atoms with Crippen LogP contribution in [-0.4, -0.2) is 52.9 Å². The van der Waals surface area contributed by atoms with Crippen LogP contribution in [0.4, 0.5) is 0 Å². The van der Waals surface area contributed by atoms with Gasteiger partial charge in [-0.2, -0.15) is 0 Å². The molecule has 1 aromatic rings. The van der Waals surface area contributed by atoms with Gasteiger partial charge in [0, 0.05) is 26.0 Å². The average molecular weight is 237 g/mol. The van der Waals surface area contributed by atoms with Gasteiger partial charge >= 0.3 is 0 Å². The molecule has 0 aromatic carbocycles. The van der Waals surface area contributed by atoms with Gasteiger partial charge < -0.3 is 15.2 Å². The van der Waals surface area contributed by atoms with Gasteiger partial charge in [-0.3, -0.25) is 14.9 Å². The van der Waals surface area contributed by atoms with Crippen molar-refractivity contribution in [1.82, 2.24) is 25.5 Å². The Kier molecular flexibility index (Phi) is 3.38. The lowest BCUT2D eigenvalue weighted by molar-refractivity contribution is -0.134. The van der Waals surface area contributed by atoms with E-state index in [4.69, 9.17) is 0 Å². The minimum absolute atomic E-state index is 0.0543. The Morgan fingerprint density at radius 2 is 2.47 bits per heavy atom. The number of nitrogens with zero attached hydrogens (tertiary/aromatic N) is 2. The summed E-state index contributed by atoms with van der Waals surface area (Å²) in [6, 6.07) is -0.354. The molecule has 1 aliphatic rings. The van der Waals surface area contributed by atoms with E-state index in [1.165, 1.54) is 0 Å². The third-order valence-corrected chi connectivity index (χ3v) is 2.63. The number of H-pyrrole nitrogens is 1. The van der Waals surface area contributed by atoms with E-state index in [1.54, 1.807) is 24.3 Å². The van der Waals surface area contributed by atoms with E-state index in [2.05, 4.69) is 20.6 Å². The van der Waals surface area contributed by atoms with Gasteiger partial charge in [0.2, 0.25) is 11.8 Å². The first kappa shape index (κ1) is 11.6. The van der Waals surface area contributed by atoms with Gasteiger partial charge in [-0.15, -0.1) is 0 Å². The summed E-state index contributed by atoms with van der Waals surface area (Å²) in [5, 5.41) is 5.55. The highest BCUT2D eigenvalue weighted by molar-refractivity contribution is 5.86. The zero-order chi connectivity index (χ0) is 12.3. The number of nitrogens with one attached hydrogen (secondary N) is 3. The molecule has 1 aromatic heterocycles. The van der Waals surface area contributed by atoms with Crippen molar-refractivity contribution in [3.05, 3.63) is 18.2 Å². The molecule has 92 valence electrons. The molecule has 0 bridgehead atoms. The number of aromatic nitrogens is 2. The van der Waals surface area contributed by atoms with Gasteiger partial charge in [0.05, 0.1) is 13.1 Å². The van der Waals surface area contributed by atoms with Gasteiger partial charge in [0.15, 0.2) is 0 Å². The van der Waals surface area contributed by atoms with E-state index in [0.29, 0.717) is 13.1 Å². The maximum Gasteiger partial charge on any atom is 0.241 e. The Labute approximate surface area is 98.6 Å². The fraction of sp³-hybridized carbons (Fsp3) is 0.500. The third-order valence-electron chi connectivity index (χ3n) is 2.63. The number of likely N-dealkylation sites (N-methyl/N-ethyl adjacent to an activating group) is 1. The molecule has 2 amide bonds. The standard InChI is InChI=1S/C10H15N5O2/c1-15(6-8-11-2-3-12-8)10(17)7-4-14-9(16)5-13-7/h2-3,7,13H,4-6H2,1H3,(H,11,12)(H,14,16). The third kappa shape index (κ3) is 2.82. The number of hydrogen-bond donors (Lipinski definition) is 3. The number of rotatable bonds is 3. The maximum absolute atomic E-state index is 12.0. The van der Waals surface area contributed by atoms with Crippen molar-refractivity contribution in [2.45, 2.75) is 12.6 Å². The number of carbonyl (C=O) groups is 2. The molecule has 1 fully saturated rings. The van der Waals surface area contributed by atoms with E-state index < -0.39 is 0 Å². The van der Waals surface area contributed by atoms with Crippen LogP contribution >= 0.6 is 0 Å². The van der Waals surface area contributed by atoms with Crippen LogP contribution in [0.1, 0.15) is 5.82 Å². The maximum atomic E-state index is 12.0. The smallest absolute Gasteiger partial charge is 0.241 e. The van der Waals surface area contributed by atoms with Crippen LogP contribution in [0, 0.1) is 0 Å². The summed E-state index contributed by atoms with van der Waals surface area (Å²) in [7, 11) is 1.71. The number of imidazole rings is 1. The average Bonchev–Trinajstić information content (AvgIpc) is 2.82. The first-order valence-electron chi connectivity index (χ1n) is 5.40. The summed E-state index contributed by atoms with van der Waals surface area (Å²) >= 11 is 0. The molecule has 0 spiro atoms.